The van der Waals surface area contributed by atoms with Crippen molar-refractivity contribution in [3.63, 3.8) is 0 Å². The van der Waals surface area contributed by atoms with E-state index in [-0.39, 0.29) is 11.0 Å². The summed E-state index contributed by atoms with van der Waals surface area (Å²) in [6.45, 7) is 13.9. The van der Waals surface area contributed by atoms with Crippen LogP contribution in [-0.4, -0.2) is 10.1 Å². The SMILES string of the molecule is CC(C)(C)C1c2cccn2-c2ccccc2N1C(C)(C)C. The highest BCUT2D eigenvalue weighted by Crippen LogP contribution is 2.49. The summed E-state index contributed by atoms with van der Waals surface area (Å²) < 4.78 is 2.35. The van der Waals surface area contributed by atoms with E-state index in [0.29, 0.717) is 6.04 Å². The Balaban J connectivity index is 2.32. The van der Waals surface area contributed by atoms with Crippen LogP contribution in [0, 0.1) is 5.41 Å². The van der Waals surface area contributed by atoms with Crippen LogP contribution in [0.1, 0.15) is 53.3 Å². The fraction of sp³-hybridized carbons (Fsp3) is 0.474. The van der Waals surface area contributed by atoms with E-state index in [1.807, 2.05) is 0 Å². The number of hydrogen-bond donors (Lipinski definition) is 0. The van der Waals surface area contributed by atoms with Gasteiger partial charge in [0.05, 0.1) is 17.4 Å². The van der Waals surface area contributed by atoms with Gasteiger partial charge in [0.25, 0.3) is 0 Å². The molecule has 3 rings (SSSR count). The summed E-state index contributed by atoms with van der Waals surface area (Å²) in [5, 5.41) is 0. The van der Waals surface area contributed by atoms with Crippen LogP contribution in [0.25, 0.3) is 5.69 Å². The van der Waals surface area contributed by atoms with Crippen LogP contribution in [0.15, 0.2) is 42.6 Å². The highest BCUT2D eigenvalue weighted by atomic mass is 15.3. The molecule has 2 heteroatoms. The van der Waals surface area contributed by atoms with Crippen molar-refractivity contribution in [1.29, 1.82) is 0 Å². The van der Waals surface area contributed by atoms with Crippen LogP contribution in [-0.2, 0) is 0 Å². The summed E-state index contributed by atoms with van der Waals surface area (Å²) in [4.78, 5) is 2.59. The van der Waals surface area contributed by atoms with Gasteiger partial charge in [-0.25, -0.2) is 0 Å². The molecule has 112 valence electrons. The maximum Gasteiger partial charge on any atom is 0.0751 e. The maximum atomic E-state index is 2.59. The molecular formula is C19H26N2. The van der Waals surface area contributed by atoms with E-state index in [9.17, 15) is 0 Å². The van der Waals surface area contributed by atoms with E-state index >= 15 is 0 Å². The van der Waals surface area contributed by atoms with E-state index in [0.717, 1.165) is 0 Å². The molecule has 2 heterocycles. The van der Waals surface area contributed by atoms with Gasteiger partial charge in [-0.3, -0.25) is 0 Å². The van der Waals surface area contributed by atoms with Crippen molar-refractivity contribution in [3.8, 4) is 5.69 Å². The lowest BCUT2D eigenvalue weighted by Crippen LogP contribution is -2.51. The van der Waals surface area contributed by atoms with Crippen molar-refractivity contribution in [2.75, 3.05) is 4.90 Å². The molecule has 1 unspecified atom stereocenters. The lowest BCUT2D eigenvalue weighted by Gasteiger charge is -2.52. The molecule has 0 radical (unpaired) electrons. The van der Waals surface area contributed by atoms with Crippen LogP contribution in [0.2, 0.25) is 0 Å². The van der Waals surface area contributed by atoms with Gasteiger partial charge in [0.1, 0.15) is 0 Å². The number of para-hydroxylation sites is 2. The quantitative estimate of drug-likeness (QED) is 0.646. The molecule has 1 aliphatic heterocycles. The van der Waals surface area contributed by atoms with Crippen molar-refractivity contribution in [1.82, 2.24) is 4.57 Å². The number of nitrogens with zero attached hydrogens (tertiary/aromatic N) is 2. The molecule has 2 aromatic rings. The van der Waals surface area contributed by atoms with Gasteiger partial charge in [0, 0.05) is 17.4 Å². The van der Waals surface area contributed by atoms with Crippen molar-refractivity contribution in [3.05, 3.63) is 48.3 Å². The molecule has 0 spiro atoms. The number of benzene rings is 1. The first-order valence-electron chi connectivity index (χ1n) is 7.77. The molecule has 0 amide bonds. The Kier molecular flexibility index (Phi) is 2.98. The molecule has 1 aromatic heterocycles. The topological polar surface area (TPSA) is 8.17 Å². The summed E-state index contributed by atoms with van der Waals surface area (Å²) >= 11 is 0. The summed E-state index contributed by atoms with van der Waals surface area (Å²) in [5.41, 5.74) is 4.23. The zero-order chi connectivity index (χ0) is 15.4. The van der Waals surface area contributed by atoms with Gasteiger partial charge in [-0.15, -0.1) is 0 Å². The minimum absolute atomic E-state index is 0.0730. The van der Waals surface area contributed by atoms with E-state index in [1.165, 1.54) is 17.1 Å². The second-order valence-corrected chi connectivity index (χ2v) is 8.10. The molecule has 1 aromatic carbocycles. The maximum absolute atomic E-state index is 2.59. The Morgan fingerprint density at radius 1 is 0.810 bits per heavy atom. The molecule has 0 fully saturated rings. The average Bonchev–Trinajstić information content (AvgIpc) is 2.83. The van der Waals surface area contributed by atoms with Gasteiger partial charge >= 0.3 is 0 Å². The lowest BCUT2D eigenvalue weighted by atomic mass is 9.80. The van der Waals surface area contributed by atoms with Gasteiger partial charge in [0.15, 0.2) is 0 Å². The molecule has 0 saturated carbocycles. The Morgan fingerprint density at radius 3 is 2.00 bits per heavy atom. The lowest BCUT2D eigenvalue weighted by molar-refractivity contribution is 0.258. The van der Waals surface area contributed by atoms with Gasteiger partial charge in [0.2, 0.25) is 0 Å². The third kappa shape index (κ3) is 2.17. The zero-order valence-electron chi connectivity index (χ0n) is 14.0. The first-order valence-corrected chi connectivity index (χ1v) is 7.77. The first-order chi connectivity index (χ1) is 9.71. The molecule has 0 bridgehead atoms. The standard InChI is InChI=1S/C19H26N2/c1-18(2,3)17-16-12-9-13-20(16)14-10-7-8-11-15(14)21(17)19(4,5)6/h7-13,17H,1-6H3. The molecule has 21 heavy (non-hydrogen) atoms. The van der Waals surface area contributed by atoms with Crippen molar-refractivity contribution >= 4 is 5.69 Å². The first kappa shape index (κ1) is 14.2. The predicted molar refractivity (Wildman–Crippen MR) is 90.2 cm³/mol. The summed E-state index contributed by atoms with van der Waals surface area (Å²) in [7, 11) is 0. The van der Waals surface area contributed by atoms with Gasteiger partial charge < -0.3 is 9.47 Å². The third-order valence-corrected chi connectivity index (χ3v) is 4.26. The zero-order valence-corrected chi connectivity index (χ0v) is 14.0. The minimum atomic E-state index is 0.0730. The highest BCUT2D eigenvalue weighted by molar-refractivity contribution is 5.68. The second-order valence-electron chi connectivity index (χ2n) is 8.10. The van der Waals surface area contributed by atoms with E-state index in [4.69, 9.17) is 0 Å². The Bertz CT molecular complexity index is 653. The summed E-state index contributed by atoms with van der Waals surface area (Å²) in [5.74, 6) is 0. The predicted octanol–water partition coefficient (Wildman–Crippen LogP) is 5.18. The van der Waals surface area contributed by atoms with E-state index < -0.39 is 0 Å². The molecule has 1 atom stereocenters. The van der Waals surface area contributed by atoms with Gasteiger partial charge in [-0.2, -0.15) is 0 Å². The normalized spacial score (nSPS) is 18.4. The third-order valence-electron chi connectivity index (χ3n) is 4.26. The minimum Gasteiger partial charge on any atom is -0.356 e. The van der Waals surface area contributed by atoms with Crippen LogP contribution in [0.4, 0.5) is 5.69 Å². The highest BCUT2D eigenvalue weighted by Gasteiger charge is 2.42. The smallest absolute Gasteiger partial charge is 0.0751 e. The molecule has 0 N–H and O–H groups in total. The summed E-state index contributed by atoms with van der Waals surface area (Å²) in [6.07, 6.45) is 2.19. The Morgan fingerprint density at radius 2 is 1.43 bits per heavy atom. The number of anilines is 1. The molecule has 2 nitrogen and oxygen atoms in total. The number of hydrogen-bond acceptors (Lipinski definition) is 1. The Hall–Kier alpha value is -1.70. The molecule has 1 aliphatic rings. The van der Waals surface area contributed by atoms with Crippen LogP contribution < -0.4 is 4.90 Å². The number of aromatic nitrogens is 1. The summed E-state index contributed by atoms with van der Waals surface area (Å²) in [6, 6.07) is 13.5. The Labute approximate surface area is 128 Å². The number of fused-ring (bicyclic) bond motifs is 3. The number of rotatable bonds is 0. The fourth-order valence-corrected chi connectivity index (χ4v) is 3.56. The average molecular weight is 282 g/mol. The van der Waals surface area contributed by atoms with Crippen LogP contribution >= 0.6 is 0 Å². The van der Waals surface area contributed by atoms with Crippen LogP contribution in [0.3, 0.4) is 0 Å². The van der Waals surface area contributed by atoms with Crippen LogP contribution in [0.5, 0.6) is 0 Å². The largest absolute Gasteiger partial charge is 0.356 e. The van der Waals surface area contributed by atoms with Crippen molar-refractivity contribution < 1.29 is 0 Å². The molecule has 0 saturated heterocycles. The fourth-order valence-electron chi connectivity index (χ4n) is 3.56. The molecule has 0 aliphatic carbocycles. The van der Waals surface area contributed by atoms with E-state index in [2.05, 4.69) is 93.6 Å². The van der Waals surface area contributed by atoms with Gasteiger partial charge in [-0.1, -0.05) is 32.9 Å². The molecular weight excluding hydrogens is 256 g/mol. The second kappa shape index (κ2) is 4.40. The monoisotopic (exact) mass is 282 g/mol. The van der Waals surface area contributed by atoms with Crippen molar-refractivity contribution in [2.45, 2.75) is 53.1 Å². The van der Waals surface area contributed by atoms with Crippen molar-refractivity contribution in [2.24, 2.45) is 5.41 Å². The van der Waals surface area contributed by atoms with E-state index in [1.54, 1.807) is 0 Å². The van der Waals surface area contributed by atoms with Gasteiger partial charge in [-0.05, 0) is 50.5 Å².